The lowest BCUT2D eigenvalue weighted by Crippen LogP contribution is -2.41. The van der Waals surface area contributed by atoms with Crippen LogP contribution in [0.25, 0.3) is 5.69 Å². The fraction of sp³-hybridized carbons (Fsp3) is 0.526. The number of rotatable bonds is 7. The smallest absolute Gasteiger partial charge is 0.214 e. The second-order valence-electron chi connectivity index (χ2n) is 7.41. The first kappa shape index (κ1) is 19.8. The molecule has 0 radical (unpaired) electrons. The van der Waals surface area contributed by atoms with E-state index in [1.807, 2.05) is 6.07 Å². The van der Waals surface area contributed by atoms with Gasteiger partial charge in [-0.1, -0.05) is 12.1 Å². The maximum absolute atomic E-state index is 13.8. The summed E-state index contributed by atoms with van der Waals surface area (Å²) in [5.74, 6) is 0.874. The van der Waals surface area contributed by atoms with Gasteiger partial charge in [0.1, 0.15) is 17.3 Å². The van der Waals surface area contributed by atoms with E-state index in [0.717, 1.165) is 32.2 Å². The monoisotopic (exact) mass is 394 g/mol. The number of nitrogens with one attached hydrogen (secondary N) is 2. The summed E-state index contributed by atoms with van der Waals surface area (Å²) in [6.45, 7) is 4.16. The van der Waals surface area contributed by atoms with Crippen LogP contribution in [0.3, 0.4) is 0 Å². The maximum atomic E-state index is 13.8. The molecule has 27 heavy (non-hydrogen) atoms. The molecule has 0 saturated heterocycles. The van der Waals surface area contributed by atoms with E-state index in [4.69, 9.17) is 0 Å². The van der Waals surface area contributed by atoms with E-state index in [-0.39, 0.29) is 11.9 Å². The van der Waals surface area contributed by atoms with Crippen molar-refractivity contribution in [3.05, 3.63) is 42.3 Å². The molecule has 2 N–H and O–H groups in total. The predicted octanol–water partition coefficient (Wildman–Crippen LogP) is 3.31. The summed E-state index contributed by atoms with van der Waals surface area (Å²) in [6, 6.07) is 8.39. The fourth-order valence-corrected chi connectivity index (χ4v) is 4.26. The SMILES string of the molecule is CC(C)S(=O)(=O)NC1CCC(CNc2ccn(-c3ccccc3F)n2)CC1. The standard InChI is InChI=1S/C19H27FN4O2S/c1-14(2)27(25,26)23-16-9-7-15(8-10-16)13-21-19-11-12-24(22-19)18-6-4-3-5-17(18)20/h3-6,11-12,14-16,23H,7-10,13H2,1-2H3,(H,21,22). The molecule has 1 aliphatic rings. The molecule has 1 aromatic carbocycles. The minimum Gasteiger partial charge on any atom is -0.368 e. The largest absolute Gasteiger partial charge is 0.368 e. The van der Waals surface area contributed by atoms with Crippen LogP contribution in [0.2, 0.25) is 0 Å². The molecule has 0 atom stereocenters. The summed E-state index contributed by atoms with van der Waals surface area (Å²) in [7, 11) is -3.21. The first-order valence-corrected chi connectivity index (χ1v) is 11.0. The molecule has 1 saturated carbocycles. The molecule has 2 aromatic rings. The highest BCUT2D eigenvalue weighted by Crippen LogP contribution is 2.25. The van der Waals surface area contributed by atoms with Gasteiger partial charge >= 0.3 is 0 Å². The van der Waals surface area contributed by atoms with E-state index in [0.29, 0.717) is 17.4 Å². The molecule has 1 aromatic heterocycles. The summed E-state index contributed by atoms with van der Waals surface area (Å²) < 4.78 is 42.1. The lowest BCUT2D eigenvalue weighted by molar-refractivity contribution is 0.323. The number of anilines is 1. The van der Waals surface area contributed by atoms with Crippen LogP contribution in [0.1, 0.15) is 39.5 Å². The molecular formula is C19H27FN4O2S. The van der Waals surface area contributed by atoms with Gasteiger partial charge in [0.15, 0.2) is 0 Å². The van der Waals surface area contributed by atoms with E-state index in [1.54, 1.807) is 38.2 Å². The third-order valence-electron chi connectivity index (χ3n) is 5.06. The number of hydrogen-bond acceptors (Lipinski definition) is 4. The number of halogens is 1. The van der Waals surface area contributed by atoms with Crippen molar-refractivity contribution >= 4 is 15.8 Å². The minimum absolute atomic E-state index is 0.0360. The van der Waals surface area contributed by atoms with Crippen LogP contribution < -0.4 is 10.0 Å². The van der Waals surface area contributed by atoms with Crippen molar-refractivity contribution in [3.63, 3.8) is 0 Å². The van der Waals surface area contributed by atoms with E-state index in [1.165, 1.54) is 10.7 Å². The van der Waals surface area contributed by atoms with Crippen molar-refractivity contribution in [1.82, 2.24) is 14.5 Å². The molecule has 3 rings (SSSR count). The Bertz CT molecular complexity index is 858. The van der Waals surface area contributed by atoms with Gasteiger partial charge in [-0.15, -0.1) is 0 Å². The Morgan fingerprint density at radius 2 is 1.89 bits per heavy atom. The van der Waals surface area contributed by atoms with Gasteiger partial charge in [-0.25, -0.2) is 22.2 Å². The van der Waals surface area contributed by atoms with E-state index in [2.05, 4.69) is 15.1 Å². The van der Waals surface area contributed by atoms with Gasteiger partial charge in [0, 0.05) is 24.8 Å². The number of sulfonamides is 1. The number of benzene rings is 1. The van der Waals surface area contributed by atoms with Crippen molar-refractivity contribution < 1.29 is 12.8 Å². The molecular weight excluding hydrogens is 367 g/mol. The van der Waals surface area contributed by atoms with Crippen LogP contribution in [0.4, 0.5) is 10.2 Å². The molecule has 0 amide bonds. The van der Waals surface area contributed by atoms with E-state index >= 15 is 0 Å². The number of nitrogens with zero attached hydrogens (tertiary/aromatic N) is 2. The first-order chi connectivity index (χ1) is 12.8. The van der Waals surface area contributed by atoms with Gasteiger partial charge in [0.05, 0.1) is 5.25 Å². The van der Waals surface area contributed by atoms with Gasteiger partial charge in [-0.2, -0.15) is 5.10 Å². The summed E-state index contributed by atoms with van der Waals surface area (Å²) in [6.07, 6.45) is 5.36. The molecule has 8 heteroatoms. The topological polar surface area (TPSA) is 76.0 Å². The second-order valence-corrected chi connectivity index (χ2v) is 9.68. The minimum atomic E-state index is -3.21. The molecule has 0 aliphatic heterocycles. The lowest BCUT2D eigenvalue weighted by Gasteiger charge is -2.29. The second kappa shape index (κ2) is 8.39. The number of para-hydroxylation sites is 1. The number of aromatic nitrogens is 2. The van der Waals surface area contributed by atoms with Crippen molar-refractivity contribution in [2.45, 2.75) is 50.8 Å². The summed E-state index contributed by atoms with van der Waals surface area (Å²) in [5, 5.41) is 7.29. The molecule has 1 heterocycles. The maximum Gasteiger partial charge on any atom is 0.214 e. The molecule has 1 aliphatic carbocycles. The van der Waals surface area contributed by atoms with Crippen LogP contribution in [-0.4, -0.2) is 36.0 Å². The summed E-state index contributed by atoms with van der Waals surface area (Å²) in [5.41, 5.74) is 0.420. The van der Waals surface area contributed by atoms with E-state index < -0.39 is 15.3 Å². The quantitative estimate of drug-likeness (QED) is 0.755. The molecule has 148 valence electrons. The van der Waals surface area contributed by atoms with Gasteiger partial charge < -0.3 is 5.32 Å². The highest BCUT2D eigenvalue weighted by atomic mass is 32.2. The Kier molecular flexibility index (Phi) is 6.16. The van der Waals surface area contributed by atoms with Gasteiger partial charge in [-0.3, -0.25) is 0 Å². The van der Waals surface area contributed by atoms with Crippen molar-refractivity contribution in [3.8, 4) is 5.69 Å². The molecule has 6 nitrogen and oxygen atoms in total. The van der Waals surface area contributed by atoms with Gasteiger partial charge in [-0.05, 0) is 57.6 Å². The lowest BCUT2D eigenvalue weighted by atomic mass is 9.86. The van der Waals surface area contributed by atoms with E-state index in [9.17, 15) is 12.8 Å². The normalized spacial score (nSPS) is 20.7. The molecule has 0 unspecified atom stereocenters. The molecule has 0 spiro atoms. The zero-order chi connectivity index (χ0) is 19.4. The summed E-state index contributed by atoms with van der Waals surface area (Å²) >= 11 is 0. The highest BCUT2D eigenvalue weighted by molar-refractivity contribution is 7.90. The van der Waals surface area contributed by atoms with Crippen molar-refractivity contribution in [2.24, 2.45) is 5.92 Å². The van der Waals surface area contributed by atoms with Crippen molar-refractivity contribution in [2.75, 3.05) is 11.9 Å². The average molecular weight is 395 g/mol. The third-order valence-corrected chi connectivity index (χ3v) is 6.96. The Hall–Kier alpha value is -1.93. The molecule has 1 fully saturated rings. The Morgan fingerprint density at radius 1 is 1.19 bits per heavy atom. The number of hydrogen-bond donors (Lipinski definition) is 2. The van der Waals surface area contributed by atoms with Gasteiger partial charge in [0.25, 0.3) is 0 Å². The zero-order valence-corrected chi connectivity index (χ0v) is 16.5. The van der Waals surface area contributed by atoms with Crippen molar-refractivity contribution in [1.29, 1.82) is 0 Å². The Morgan fingerprint density at radius 3 is 2.56 bits per heavy atom. The average Bonchev–Trinajstić information content (AvgIpc) is 3.10. The van der Waals surface area contributed by atoms with Crippen LogP contribution >= 0.6 is 0 Å². The highest BCUT2D eigenvalue weighted by Gasteiger charge is 2.26. The Balaban J connectivity index is 1.48. The third kappa shape index (κ3) is 5.07. The Labute approximate surface area is 160 Å². The van der Waals surface area contributed by atoms with Crippen LogP contribution in [-0.2, 0) is 10.0 Å². The van der Waals surface area contributed by atoms with Crippen LogP contribution in [0.15, 0.2) is 36.5 Å². The van der Waals surface area contributed by atoms with Gasteiger partial charge in [0.2, 0.25) is 10.0 Å². The summed E-state index contributed by atoms with van der Waals surface area (Å²) in [4.78, 5) is 0. The predicted molar refractivity (Wildman–Crippen MR) is 105 cm³/mol. The first-order valence-electron chi connectivity index (χ1n) is 9.41. The van der Waals surface area contributed by atoms with Crippen LogP contribution in [0, 0.1) is 11.7 Å². The molecule has 0 bridgehead atoms. The fourth-order valence-electron chi connectivity index (χ4n) is 3.29. The van der Waals surface area contributed by atoms with Crippen LogP contribution in [0.5, 0.6) is 0 Å². The zero-order valence-electron chi connectivity index (χ0n) is 15.7.